The predicted octanol–water partition coefficient (Wildman–Crippen LogP) is 4.99. The van der Waals surface area contributed by atoms with Crippen molar-refractivity contribution in [3.63, 3.8) is 0 Å². The van der Waals surface area contributed by atoms with Crippen LogP contribution in [0.15, 0.2) is 82.4 Å². The van der Waals surface area contributed by atoms with Crippen molar-refractivity contribution in [2.45, 2.75) is 0 Å². The van der Waals surface area contributed by atoms with E-state index >= 15 is 0 Å². The monoisotopic (exact) mass is 547 g/mol. The molecule has 0 aliphatic carbocycles. The Balaban J connectivity index is 1.57. The van der Waals surface area contributed by atoms with Crippen LogP contribution in [-0.2, 0) is 9.53 Å². The van der Waals surface area contributed by atoms with E-state index in [-0.39, 0.29) is 12.5 Å². The van der Waals surface area contributed by atoms with Gasteiger partial charge in [0.05, 0.1) is 37.2 Å². The molecule has 0 fully saturated rings. The lowest BCUT2D eigenvalue weighted by molar-refractivity contribution is -0.142. The van der Waals surface area contributed by atoms with E-state index in [2.05, 4.69) is 31.2 Å². The second-order valence-electron chi connectivity index (χ2n) is 7.53. The molecule has 0 radical (unpaired) electrons. The van der Waals surface area contributed by atoms with Crippen molar-refractivity contribution in [3.8, 4) is 22.8 Å². The Morgan fingerprint density at radius 1 is 1.00 bits per heavy atom. The van der Waals surface area contributed by atoms with E-state index in [1.807, 2.05) is 54.6 Å². The van der Waals surface area contributed by atoms with Crippen LogP contribution in [0.2, 0.25) is 0 Å². The Bertz CT molecular complexity index is 1440. The second kappa shape index (κ2) is 11.5. The summed E-state index contributed by atoms with van der Waals surface area (Å²) in [5.74, 6) is -0.140. The van der Waals surface area contributed by atoms with E-state index in [4.69, 9.17) is 14.5 Å². The average molecular weight is 548 g/mol. The molecule has 1 aromatic heterocycles. The molecule has 4 aromatic rings. The van der Waals surface area contributed by atoms with E-state index in [9.17, 15) is 9.59 Å². The number of pyridine rings is 1. The number of hydrogen-bond donors (Lipinski definition) is 1. The van der Waals surface area contributed by atoms with Crippen molar-refractivity contribution < 1.29 is 23.8 Å². The molecule has 182 valence electrons. The smallest absolute Gasteiger partial charge is 0.343 e. The van der Waals surface area contributed by atoms with Crippen LogP contribution in [0.4, 0.5) is 0 Å². The Morgan fingerprint density at radius 3 is 2.50 bits per heavy atom. The molecule has 0 aliphatic rings. The van der Waals surface area contributed by atoms with Gasteiger partial charge in [0.25, 0.3) is 5.91 Å². The lowest BCUT2D eigenvalue weighted by Crippen LogP contribution is -2.18. The molecule has 0 aliphatic heterocycles. The van der Waals surface area contributed by atoms with Crippen LogP contribution >= 0.6 is 15.9 Å². The molecule has 9 heteroatoms. The number of hydrogen-bond acceptors (Lipinski definition) is 7. The molecule has 0 atom stereocenters. The molecule has 1 N–H and O–H groups in total. The Labute approximate surface area is 216 Å². The first-order valence-electron chi connectivity index (χ1n) is 10.9. The number of para-hydroxylation sites is 1. The molecule has 1 heterocycles. The van der Waals surface area contributed by atoms with Crippen LogP contribution in [0, 0.1) is 0 Å². The number of fused-ring (bicyclic) bond motifs is 1. The second-order valence-corrected chi connectivity index (χ2v) is 8.38. The molecule has 3 aromatic carbocycles. The highest BCUT2D eigenvalue weighted by atomic mass is 79.9. The molecule has 0 saturated carbocycles. The third kappa shape index (κ3) is 5.69. The SMILES string of the molecule is COC(=O)COc1cc(Br)c(/C=N/NC(=O)c2cc(-c3ccccc3)nc3ccccc23)cc1OC. The van der Waals surface area contributed by atoms with E-state index in [1.165, 1.54) is 20.4 Å². The average Bonchev–Trinajstić information content (AvgIpc) is 2.92. The number of benzene rings is 3. The van der Waals surface area contributed by atoms with Crippen LogP contribution in [0.5, 0.6) is 11.5 Å². The van der Waals surface area contributed by atoms with E-state index in [0.717, 1.165) is 10.9 Å². The maximum atomic E-state index is 13.1. The zero-order chi connectivity index (χ0) is 25.5. The predicted molar refractivity (Wildman–Crippen MR) is 140 cm³/mol. The van der Waals surface area contributed by atoms with Gasteiger partial charge in [-0.3, -0.25) is 4.79 Å². The molecule has 4 rings (SSSR count). The van der Waals surface area contributed by atoms with Crippen molar-refractivity contribution in [1.82, 2.24) is 10.4 Å². The number of hydrazone groups is 1. The lowest BCUT2D eigenvalue weighted by atomic mass is 10.0. The van der Waals surface area contributed by atoms with Crippen molar-refractivity contribution in [2.75, 3.05) is 20.8 Å². The number of methoxy groups -OCH3 is 2. The van der Waals surface area contributed by atoms with Gasteiger partial charge >= 0.3 is 5.97 Å². The number of halogens is 1. The largest absolute Gasteiger partial charge is 0.493 e. The van der Waals surface area contributed by atoms with Gasteiger partial charge in [-0.15, -0.1) is 0 Å². The lowest BCUT2D eigenvalue weighted by Gasteiger charge is -2.12. The first-order chi connectivity index (χ1) is 17.5. The summed E-state index contributed by atoms with van der Waals surface area (Å²) < 4.78 is 16.0. The fourth-order valence-corrected chi connectivity index (χ4v) is 3.88. The summed E-state index contributed by atoms with van der Waals surface area (Å²) >= 11 is 3.45. The highest BCUT2D eigenvalue weighted by Gasteiger charge is 2.14. The van der Waals surface area contributed by atoms with Gasteiger partial charge < -0.3 is 14.2 Å². The summed E-state index contributed by atoms with van der Waals surface area (Å²) in [7, 11) is 2.76. The first-order valence-corrected chi connectivity index (χ1v) is 11.6. The number of carbonyl (C=O) groups is 2. The number of rotatable bonds is 8. The van der Waals surface area contributed by atoms with Crippen LogP contribution in [-0.4, -0.2) is 43.9 Å². The van der Waals surface area contributed by atoms with Crippen LogP contribution in [0.3, 0.4) is 0 Å². The molecule has 0 spiro atoms. The quantitative estimate of drug-likeness (QED) is 0.189. The fraction of sp³-hybridized carbons (Fsp3) is 0.111. The maximum Gasteiger partial charge on any atom is 0.343 e. The molecule has 8 nitrogen and oxygen atoms in total. The minimum absolute atomic E-state index is 0.256. The molecular formula is C27H22BrN3O5. The van der Waals surface area contributed by atoms with Gasteiger partial charge in [0.1, 0.15) is 0 Å². The van der Waals surface area contributed by atoms with Crippen LogP contribution in [0.1, 0.15) is 15.9 Å². The third-order valence-corrected chi connectivity index (χ3v) is 5.94. The number of nitrogens with one attached hydrogen (secondary N) is 1. The topological polar surface area (TPSA) is 99.1 Å². The zero-order valence-corrected chi connectivity index (χ0v) is 21.1. The number of carbonyl (C=O) groups excluding carboxylic acids is 2. The molecule has 0 unspecified atom stereocenters. The standard InChI is InChI=1S/C27H22BrN3O5/c1-34-24-12-18(21(28)14-25(24)36-16-26(32)35-2)15-29-31-27(33)20-13-23(17-8-4-3-5-9-17)30-22-11-7-6-10-19(20)22/h3-15H,16H2,1-2H3,(H,31,33)/b29-15+. The molecule has 0 bridgehead atoms. The highest BCUT2D eigenvalue weighted by molar-refractivity contribution is 9.10. The van der Waals surface area contributed by atoms with Crippen LogP contribution in [0.25, 0.3) is 22.2 Å². The van der Waals surface area contributed by atoms with E-state index in [0.29, 0.717) is 38.3 Å². The van der Waals surface area contributed by atoms with Crippen molar-refractivity contribution >= 4 is 44.9 Å². The van der Waals surface area contributed by atoms with Crippen molar-refractivity contribution in [2.24, 2.45) is 5.10 Å². The third-order valence-electron chi connectivity index (χ3n) is 5.26. The van der Waals surface area contributed by atoms with Gasteiger partial charge in [0.15, 0.2) is 18.1 Å². The summed E-state index contributed by atoms with van der Waals surface area (Å²) in [4.78, 5) is 29.2. The minimum atomic E-state index is -0.513. The summed E-state index contributed by atoms with van der Waals surface area (Å²) in [5, 5.41) is 4.86. The van der Waals surface area contributed by atoms with Crippen molar-refractivity contribution in [1.29, 1.82) is 0 Å². The first kappa shape index (κ1) is 24.9. The van der Waals surface area contributed by atoms with E-state index in [1.54, 1.807) is 18.2 Å². The van der Waals surface area contributed by atoms with Gasteiger partial charge in [-0.05, 0) is 40.2 Å². The van der Waals surface area contributed by atoms with Gasteiger partial charge in [-0.25, -0.2) is 15.2 Å². The number of nitrogens with zero attached hydrogens (tertiary/aromatic N) is 2. The molecular weight excluding hydrogens is 526 g/mol. The van der Waals surface area contributed by atoms with Crippen LogP contribution < -0.4 is 14.9 Å². The summed E-state index contributed by atoms with van der Waals surface area (Å²) in [6, 6.07) is 22.2. The normalized spacial score (nSPS) is 10.9. The maximum absolute atomic E-state index is 13.1. The van der Waals surface area contributed by atoms with Gasteiger partial charge in [-0.2, -0.15) is 5.10 Å². The Kier molecular flexibility index (Phi) is 7.92. The number of aromatic nitrogens is 1. The number of esters is 1. The highest BCUT2D eigenvalue weighted by Crippen LogP contribution is 2.33. The molecule has 0 saturated heterocycles. The minimum Gasteiger partial charge on any atom is -0.493 e. The van der Waals surface area contributed by atoms with Crippen molar-refractivity contribution in [3.05, 3.63) is 88.4 Å². The molecule has 36 heavy (non-hydrogen) atoms. The molecule has 1 amide bonds. The zero-order valence-electron chi connectivity index (χ0n) is 19.5. The Hall–Kier alpha value is -4.24. The summed E-state index contributed by atoms with van der Waals surface area (Å²) in [6.07, 6.45) is 1.48. The van der Waals surface area contributed by atoms with Gasteiger partial charge in [0, 0.05) is 21.0 Å². The Morgan fingerprint density at radius 2 is 1.75 bits per heavy atom. The number of ether oxygens (including phenoxy) is 3. The van der Waals surface area contributed by atoms with E-state index < -0.39 is 5.97 Å². The number of amides is 1. The van der Waals surface area contributed by atoms with Gasteiger partial charge in [0.2, 0.25) is 0 Å². The van der Waals surface area contributed by atoms with Gasteiger partial charge in [-0.1, -0.05) is 48.5 Å². The summed E-state index contributed by atoms with van der Waals surface area (Å²) in [5.41, 5.74) is 5.99. The fourth-order valence-electron chi connectivity index (χ4n) is 3.46. The summed E-state index contributed by atoms with van der Waals surface area (Å²) in [6.45, 7) is -0.256.